The summed E-state index contributed by atoms with van der Waals surface area (Å²) in [5.41, 5.74) is 2.58. The summed E-state index contributed by atoms with van der Waals surface area (Å²) in [5.74, 6) is -0.477. The molecule has 0 aromatic heterocycles. The Labute approximate surface area is 221 Å². The number of carbonyl (C=O) groups is 2. The highest BCUT2D eigenvalue weighted by Crippen LogP contribution is 2.40. The van der Waals surface area contributed by atoms with Crippen molar-refractivity contribution in [1.82, 2.24) is 5.32 Å². The molecule has 0 aliphatic heterocycles. The third-order valence-electron chi connectivity index (χ3n) is 6.00. The van der Waals surface area contributed by atoms with E-state index in [2.05, 4.69) is 20.9 Å². The Balaban J connectivity index is 1.77. The maximum Gasteiger partial charge on any atom is 0.259 e. The second-order valence-electron chi connectivity index (χ2n) is 8.48. The van der Waals surface area contributed by atoms with E-state index >= 15 is 0 Å². The number of phenolic OH excluding ortho intramolecular Hbond substituents is 1. The number of fused-ring (bicyclic) bond motifs is 1. The summed E-state index contributed by atoms with van der Waals surface area (Å²) in [5, 5.41) is 27.0. The van der Waals surface area contributed by atoms with Crippen molar-refractivity contribution < 1.29 is 19.4 Å². The lowest BCUT2D eigenvalue weighted by atomic mass is 10.0. The lowest BCUT2D eigenvalue weighted by Gasteiger charge is -2.13. The van der Waals surface area contributed by atoms with E-state index < -0.39 is 5.91 Å². The summed E-state index contributed by atoms with van der Waals surface area (Å²) < 4.78 is 5.61. The van der Waals surface area contributed by atoms with Gasteiger partial charge in [-0.05, 0) is 61.5 Å². The molecule has 4 rings (SSSR count). The summed E-state index contributed by atoms with van der Waals surface area (Å²) in [4.78, 5) is 25.7. The molecule has 38 heavy (non-hydrogen) atoms. The number of hydrogen-bond donors (Lipinski definition) is 3. The van der Waals surface area contributed by atoms with Gasteiger partial charge in [-0.2, -0.15) is 5.11 Å². The largest absolute Gasteiger partial charge is 0.505 e. The number of ether oxygens (including phenoxy) is 1. The Hall–Kier alpha value is -4.72. The first-order valence-corrected chi connectivity index (χ1v) is 12.6. The summed E-state index contributed by atoms with van der Waals surface area (Å²) in [6, 6.07) is 21.3. The van der Waals surface area contributed by atoms with Crippen molar-refractivity contribution >= 4 is 39.6 Å². The summed E-state index contributed by atoms with van der Waals surface area (Å²) in [7, 11) is 0. The van der Waals surface area contributed by atoms with Crippen LogP contribution in [0.3, 0.4) is 0 Å². The number of anilines is 1. The molecule has 0 aliphatic rings. The van der Waals surface area contributed by atoms with E-state index in [0.29, 0.717) is 53.0 Å². The molecule has 8 nitrogen and oxygen atoms in total. The van der Waals surface area contributed by atoms with Gasteiger partial charge < -0.3 is 20.5 Å². The molecule has 3 N–H and O–H groups in total. The van der Waals surface area contributed by atoms with Crippen LogP contribution < -0.4 is 15.4 Å². The molecule has 194 valence electrons. The molecule has 0 atom stereocenters. The number of hydrogen-bond acceptors (Lipinski definition) is 6. The van der Waals surface area contributed by atoms with Gasteiger partial charge >= 0.3 is 0 Å². The van der Waals surface area contributed by atoms with Crippen LogP contribution in [-0.2, 0) is 6.42 Å². The quantitative estimate of drug-likeness (QED) is 0.212. The maximum absolute atomic E-state index is 13.3. The lowest BCUT2D eigenvalue weighted by molar-refractivity contribution is 0.0954. The average Bonchev–Trinajstić information content (AvgIpc) is 2.93. The molecule has 4 aromatic carbocycles. The van der Waals surface area contributed by atoms with Gasteiger partial charge in [0.1, 0.15) is 11.4 Å². The highest BCUT2D eigenvalue weighted by molar-refractivity contribution is 6.12. The monoisotopic (exact) mass is 510 g/mol. The van der Waals surface area contributed by atoms with E-state index in [0.717, 1.165) is 5.56 Å². The van der Waals surface area contributed by atoms with Crippen LogP contribution in [0.1, 0.15) is 47.1 Å². The Morgan fingerprint density at radius 1 is 0.895 bits per heavy atom. The molecule has 4 aromatic rings. The first-order valence-electron chi connectivity index (χ1n) is 12.6. The number of amides is 2. The van der Waals surface area contributed by atoms with Crippen molar-refractivity contribution in [3.63, 3.8) is 0 Å². The third-order valence-corrected chi connectivity index (χ3v) is 6.00. The first kappa shape index (κ1) is 26.3. The molecule has 0 spiro atoms. The van der Waals surface area contributed by atoms with Gasteiger partial charge in [-0.15, -0.1) is 5.11 Å². The van der Waals surface area contributed by atoms with E-state index in [1.165, 1.54) is 0 Å². The molecule has 0 unspecified atom stereocenters. The minimum atomic E-state index is -0.510. The maximum atomic E-state index is 13.3. The van der Waals surface area contributed by atoms with Gasteiger partial charge in [-0.3, -0.25) is 9.59 Å². The van der Waals surface area contributed by atoms with Crippen LogP contribution in [0.5, 0.6) is 11.5 Å². The second-order valence-corrected chi connectivity index (χ2v) is 8.48. The smallest absolute Gasteiger partial charge is 0.259 e. The normalized spacial score (nSPS) is 11.0. The molecule has 0 aliphatic carbocycles. The molecule has 0 saturated heterocycles. The molecule has 0 bridgehead atoms. The number of carbonyl (C=O) groups excluding carboxylic acids is 2. The predicted molar refractivity (Wildman–Crippen MR) is 149 cm³/mol. The molecule has 0 radical (unpaired) electrons. The Bertz CT molecular complexity index is 1510. The number of benzene rings is 4. The highest BCUT2D eigenvalue weighted by atomic mass is 16.5. The number of phenols is 1. The average molecular weight is 511 g/mol. The van der Waals surface area contributed by atoms with Crippen LogP contribution in [0.2, 0.25) is 0 Å². The lowest BCUT2D eigenvalue weighted by Crippen LogP contribution is -2.22. The Morgan fingerprint density at radius 3 is 2.42 bits per heavy atom. The van der Waals surface area contributed by atoms with Crippen LogP contribution in [0.4, 0.5) is 17.1 Å². The van der Waals surface area contributed by atoms with Gasteiger partial charge in [0.15, 0.2) is 5.75 Å². The number of azo groups is 1. The predicted octanol–water partition coefficient (Wildman–Crippen LogP) is 6.92. The summed E-state index contributed by atoms with van der Waals surface area (Å²) in [6.45, 7) is 6.65. The molecule has 8 heteroatoms. The van der Waals surface area contributed by atoms with E-state index in [-0.39, 0.29) is 22.9 Å². The van der Waals surface area contributed by atoms with Gasteiger partial charge in [0.25, 0.3) is 11.8 Å². The van der Waals surface area contributed by atoms with E-state index in [1.807, 2.05) is 51.1 Å². The van der Waals surface area contributed by atoms with Crippen molar-refractivity contribution in [2.75, 3.05) is 18.5 Å². The molecule has 0 heterocycles. The Morgan fingerprint density at radius 2 is 1.66 bits per heavy atom. The van der Waals surface area contributed by atoms with Crippen LogP contribution in [0.25, 0.3) is 10.8 Å². The standard InChI is InChI=1S/C30H30N4O4/c1-4-19-15-16-21(29(36)31-5-2)18-25(19)33-34-27-22-12-8-7-11-20(22)17-23(28(27)35)30(37)32-24-13-9-10-14-26(24)38-6-3/h7-18,35H,4-6H2,1-3H3,(H,31,36)(H,32,37)/b34-33+. The third kappa shape index (κ3) is 5.64. The Kier molecular flexibility index (Phi) is 8.33. The van der Waals surface area contributed by atoms with E-state index in [9.17, 15) is 14.7 Å². The van der Waals surface area contributed by atoms with Crippen molar-refractivity contribution in [2.24, 2.45) is 10.2 Å². The van der Waals surface area contributed by atoms with Crippen LogP contribution in [0.15, 0.2) is 83.0 Å². The van der Waals surface area contributed by atoms with Gasteiger partial charge in [-0.1, -0.05) is 49.4 Å². The first-order chi connectivity index (χ1) is 18.5. The zero-order chi connectivity index (χ0) is 27.1. The number of para-hydroxylation sites is 2. The van der Waals surface area contributed by atoms with Crippen molar-refractivity contribution in [3.8, 4) is 11.5 Å². The molecule has 0 saturated carbocycles. The molecule has 2 amide bonds. The minimum Gasteiger partial charge on any atom is -0.505 e. The van der Waals surface area contributed by atoms with Crippen LogP contribution >= 0.6 is 0 Å². The van der Waals surface area contributed by atoms with Gasteiger partial charge in [-0.25, -0.2) is 0 Å². The summed E-state index contributed by atoms with van der Waals surface area (Å²) >= 11 is 0. The fourth-order valence-corrected chi connectivity index (χ4v) is 4.10. The summed E-state index contributed by atoms with van der Waals surface area (Å²) in [6.07, 6.45) is 0.679. The van der Waals surface area contributed by atoms with Crippen molar-refractivity contribution in [3.05, 3.63) is 89.5 Å². The molecular formula is C30H30N4O4. The number of aromatic hydroxyl groups is 1. The number of aryl methyl sites for hydroxylation is 1. The topological polar surface area (TPSA) is 112 Å². The van der Waals surface area contributed by atoms with E-state index in [1.54, 1.807) is 42.5 Å². The minimum absolute atomic E-state index is 0.0516. The fraction of sp³-hybridized carbons (Fsp3) is 0.200. The van der Waals surface area contributed by atoms with E-state index in [4.69, 9.17) is 4.74 Å². The highest BCUT2D eigenvalue weighted by Gasteiger charge is 2.20. The fourth-order valence-electron chi connectivity index (χ4n) is 4.10. The SMILES string of the molecule is CCNC(=O)c1ccc(CC)c(/N=N/c2c(O)c(C(=O)Nc3ccccc3OCC)cc3ccccc23)c1. The van der Waals surface area contributed by atoms with Gasteiger partial charge in [0.2, 0.25) is 0 Å². The number of nitrogens with zero attached hydrogens (tertiary/aromatic N) is 2. The second kappa shape index (κ2) is 12.0. The molecule has 0 fully saturated rings. The van der Waals surface area contributed by atoms with Crippen LogP contribution in [0, 0.1) is 0 Å². The van der Waals surface area contributed by atoms with Gasteiger partial charge in [0.05, 0.1) is 23.5 Å². The number of nitrogens with one attached hydrogen (secondary N) is 2. The zero-order valence-corrected chi connectivity index (χ0v) is 21.6. The van der Waals surface area contributed by atoms with Crippen molar-refractivity contribution in [1.29, 1.82) is 0 Å². The van der Waals surface area contributed by atoms with Gasteiger partial charge in [0, 0.05) is 17.5 Å². The molecular weight excluding hydrogens is 480 g/mol. The van der Waals surface area contributed by atoms with Crippen molar-refractivity contribution in [2.45, 2.75) is 27.2 Å². The number of rotatable bonds is 9. The zero-order valence-electron chi connectivity index (χ0n) is 21.6. The van der Waals surface area contributed by atoms with Crippen LogP contribution in [-0.4, -0.2) is 30.1 Å².